The number of hydrogen-bond donors (Lipinski definition) is 0. The number of nitrogens with zero attached hydrogens (tertiary/aromatic N) is 2. The van der Waals surface area contributed by atoms with Gasteiger partial charge < -0.3 is 42.1 Å². The molecule has 0 bridgehead atoms. The molecule has 0 aliphatic carbocycles. The topological polar surface area (TPSA) is 98.8 Å². The Kier molecular flexibility index (Phi) is 15.2. The molecule has 3 atom stereocenters. The summed E-state index contributed by atoms with van der Waals surface area (Å²) in [5.74, 6) is 2.50. The fraction of sp³-hybridized carbons (Fsp3) is 0.462. The Hall–Kier alpha value is -5.52. The lowest BCUT2D eigenvalue weighted by atomic mass is 9.83. The van der Waals surface area contributed by atoms with Crippen LogP contribution in [0.15, 0.2) is 60.7 Å². The Morgan fingerprint density at radius 1 is 0.651 bits per heavy atom. The van der Waals surface area contributed by atoms with Crippen LogP contribution in [0, 0.1) is 27.7 Å². The van der Waals surface area contributed by atoms with Crippen LogP contribution in [-0.2, 0) is 44.9 Å². The van der Waals surface area contributed by atoms with Crippen molar-refractivity contribution in [1.82, 2.24) is 0 Å². The predicted molar refractivity (Wildman–Crippen MR) is 246 cm³/mol. The normalized spacial score (nSPS) is 19.2. The maximum absolute atomic E-state index is 12.8. The molecule has 0 radical (unpaired) electrons. The van der Waals surface area contributed by atoms with Gasteiger partial charge in [-0.25, -0.2) is 9.59 Å². The molecule has 11 heteroatoms. The Morgan fingerprint density at radius 3 is 1.94 bits per heavy atom. The van der Waals surface area contributed by atoms with Crippen molar-refractivity contribution in [2.24, 2.45) is 0 Å². The zero-order valence-electron chi connectivity index (χ0n) is 39.4. The lowest BCUT2D eigenvalue weighted by molar-refractivity contribution is -0.941. The summed E-state index contributed by atoms with van der Waals surface area (Å²) in [6.45, 7) is 13.4. The standard InChI is InChI=1S/C52H68N2O9/c1-34-14-15-38(28-35(34)2)30-43-50-41(29-36(3)37(4)51(50)60-10)21-25-54(43,6)23-13-27-63-48(56)19-18-47(55)62-26-12-22-53(5)24-20-39-31-46(59-9)52(61-11)49(42(39)33-53)40-16-17-44(57-7)45(32-40)58-8/h14-19,28-29,31-32,43H,12-13,20-27,30,33H2,1-11H3/q+2/b19-18-. The summed E-state index contributed by atoms with van der Waals surface area (Å²) in [5.41, 5.74) is 13.3. The maximum Gasteiger partial charge on any atom is 0.331 e. The highest BCUT2D eigenvalue weighted by atomic mass is 16.5. The number of aryl methyl sites for hydroxylation is 3. The zero-order valence-corrected chi connectivity index (χ0v) is 39.4. The Labute approximate surface area is 374 Å². The Bertz CT molecular complexity index is 2340. The summed E-state index contributed by atoms with van der Waals surface area (Å²) >= 11 is 0. The molecule has 11 nitrogen and oxygen atoms in total. The van der Waals surface area contributed by atoms with Gasteiger partial charge in [0.05, 0.1) is 94.6 Å². The molecular formula is C52H68N2O9+2. The fourth-order valence-corrected chi connectivity index (χ4v) is 9.68. The number of carbonyl (C=O) groups is 2. The van der Waals surface area contributed by atoms with Crippen molar-refractivity contribution < 1.29 is 51.7 Å². The van der Waals surface area contributed by atoms with Gasteiger partial charge in [-0.1, -0.05) is 30.3 Å². The molecule has 0 saturated carbocycles. The van der Waals surface area contributed by atoms with E-state index in [0.29, 0.717) is 35.8 Å². The molecule has 4 aromatic rings. The second kappa shape index (κ2) is 20.3. The molecule has 0 fully saturated rings. The van der Waals surface area contributed by atoms with E-state index in [1.807, 2.05) is 18.2 Å². The molecule has 2 heterocycles. The van der Waals surface area contributed by atoms with E-state index in [1.165, 1.54) is 56.1 Å². The van der Waals surface area contributed by atoms with Crippen LogP contribution >= 0.6 is 0 Å². The van der Waals surface area contributed by atoms with E-state index in [9.17, 15) is 9.59 Å². The minimum Gasteiger partial charge on any atom is -0.496 e. The quantitative estimate of drug-likeness (QED) is 0.0422. The van der Waals surface area contributed by atoms with E-state index in [4.69, 9.17) is 33.2 Å². The number of methoxy groups -OCH3 is 5. The van der Waals surface area contributed by atoms with Crippen molar-refractivity contribution in [3.05, 3.63) is 111 Å². The van der Waals surface area contributed by atoms with Crippen molar-refractivity contribution in [3.63, 3.8) is 0 Å². The molecule has 4 aromatic carbocycles. The molecule has 0 amide bonds. The number of rotatable bonds is 18. The predicted octanol–water partition coefficient (Wildman–Crippen LogP) is 8.54. The Morgan fingerprint density at radius 2 is 1.30 bits per heavy atom. The van der Waals surface area contributed by atoms with Gasteiger partial charge in [-0.05, 0) is 90.4 Å². The molecule has 2 aliphatic heterocycles. The number of esters is 2. The Balaban J connectivity index is 1.02. The minimum absolute atomic E-state index is 0.180. The van der Waals surface area contributed by atoms with Crippen LogP contribution in [0.25, 0.3) is 11.1 Å². The fourth-order valence-electron chi connectivity index (χ4n) is 9.68. The summed E-state index contributed by atoms with van der Waals surface area (Å²) in [6, 6.07) is 17.3. The van der Waals surface area contributed by atoms with Crippen LogP contribution < -0.4 is 23.7 Å². The minimum atomic E-state index is -0.565. The van der Waals surface area contributed by atoms with Crippen molar-refractivity contribution in [1.29, 1.82) is 0 Å². The van der Waals surface area contributed by atoms with E-state index >= 15 is 0 Å². The van der Waals surface area contributed by atoms with E-state index in [0.717, 1.165) is 83.9 Å². The number of quaternary nitrogens is 2. The second-order valence-corrected chi connectivity index (χ2v) is 17.8. The average molecular weight is 865 g/mol. The number of benzene rings is 4. The SMILES string of the molecule is COc1ccc(-c2c3c(cc(OC)c2OC)CC[N+](C)(CCCOC(=O)/C=C\C(=O)OCCC[N+]2(C)CCc4cc(C)c(C)c(OC)c4C2Cc2ccc(C)c(C)c2)C3)cc1OC. The van der Waals surface area contributed by atoms with E-state index in [-0.39, 0.29) is 19.3 Å². The molecule has 338 valence electrons. The van der Waals surface area contributed by atoms with E-state index in [1.54, 1.807) is 35.5 Å². The molecule has 0 aromatic heterocycles. The summed E-state index contributed by atoms with van der Waals surface area (Å²) in [6.07, 6.45) is 6.36. The first-order chi connectivity index (χ1) is 30.2. The molecular weight excluding hydrogens is 797 g/mol. The summed E-state index contributed by atoms with van der Waals surface area (Å²) < 4.78 is 41.7. The third-order valence-corrected chi connectivity index (χ3v) is 13.6. The molecule has 3 unspecified atom stereocenters. The summed E-state index contributed by atoms with van der Waals surface area (Å²) in [4.78, 5) is 25.4. The number of carbonyl (C=O) groups excluding carboxylic acids is 2. The first-order valence-electron chi connectivity index (χ1n) is 22.1. The molecule has 2 aliphatic rings. The largest absolute Gasteiger partial charge is 0.496 e. The van der Waals surface area contributed by atoms with E-state index < -0.39 is 11.9 Å². The smallest absolute Gasteiger partial charge is 0.331 e. The van der Waals surface area contributed by atoms with Gasteiger partial charge in [-0.15, -0.1) is 0 Å². The molecule has 0 N–H and O–H groups in total. The van der Waals surface area contributed by atoms with Gasteiger partial charge in [-0.3, -0.25) is 0 Å². The molecule has 6 rings (SSSR count). The molecule has 63 heavy (non-hydrogen) atoms. The van der Waals surface area contributed by atoms with Crippen molar-refractivity contribution in [3.8, 4) is 39.9 Å². The molecule has 0 saturated heterocycles. The van der Waals surface area contributed by atoms with E-state index in [2.05, 4.69) is 72.1 Å². The van der Waals surface area contributed by atoms with Gasteiger partial charge >= 0.3 is 11.9 Å². The lowest BCUT2D eigenvalue weighted by Gasteiger charge is -2.46. The first-order valence-corrected chi connectivity index (χ1v) is 22.1. The van der Waals surface area contributed by atoms with Gasteiger partial charge in [0, 0.05) is 55.4 Å². The highest BCUT2D eigenvalue weighted by Gasteiger charge is 2.42. The zero-order chi connectivity index (χ0) is 45.5. The van der Waals surface area contributed by atoms with Crippen LogP contribution in [-0.4, -0.2) is 110 Å². The van der Waals surface area contributed by atoms with Gasteiger partial charge in [0.2, 0.25) is 0 Å². The highest BCUT2D eigenvalue weighted by molar-refractivity contribution is 5.91. The van der Waals surface area contributed by atoms with Crippen molar-refractivity contribution >= 4 is 11.9 Å². The van der Waals surface area contributed by atoms with Crippen LogP contribution in [0.2, 0.25) is 0 Å². The third kappa shape index (κ3) is 10.5. The van der Waals surface area contributed by atoms with Crippen LogP contribution in [0.4, 0.5) is 0 Å². The second-order valence-electron chi connectivity index (χ2n) is 17.8. The number of likely N-dealkylation sites (N-methyl/N-ethyl adjacent to an activating group) is 2. The maximum atomic E-state index is 12.8. The monoisotopic (exact) mass is 864 g/mol. The lowest BCUT2D eigenvalue weighted by Crippen LogP contribution is -2.53. The molecule has 0 spiro atoms. The van der Waals surface area contributed by atoms with Crippen molar-refractivity contribution in [2.45, 2.75) is 72.4 Å². The van der Waals surface area contributed by atoms with Gasteiger partial charge in [0.25, 0.3) is 0 Å². The summed E-state index contributed by atoms with van der Waals surface area (Å²) in [5, 5.41) is 0. The van der Waals surface area contributed by atoms with Gasteiger partial charge in [0.15, 0.2) is 23.0 Å². The van der Waals surface area contributed by atoms with Crippen molar-refractivity contribution in [2.75, 3.05) is 89.0 Å². The van der Waals surface area contributed by atoms with Gasteiger partial charge in [-0.2, -0.15) is 0 Å². The summed E-state index contributed by atoms with van der Waals surface area (Å²) in [7, 11) is 12.9. The average Bonchev–Trinajstić information content (AvgIpc) is 3.28. The highest BCUT2D eigenvalue weighted by Crippen LogP contribution is 2.48. The van der Waals surface area contributed by atoms with Crippen LogP contribution in [0.1, 0.15) is 69.0 Å². The number of ether oxygens (including phenoxy) is 7. The van der Waals surface area contributed by atoms with Gasteiger partial charge in [0.1, 0.15) is 18.3 Å². The third-order valence-electron chi connectivity index (χ3n) is 13.6. The first kappa shape index (κ1) is 47.0. The number of fused-ring (bicyclic) bond motifs is 2. The number of hydrogen-bond acceptors (Lipinski definition) is 9. The van der Waals surface area contributed by atoms with Crippen LogP contribution in [0.3, 0.4) is 0 Å². The van der Waals surface area contributed by atoms with Crippen LogP contribution in [0.5, 0.6) is 28.7 Å².